The van der Waals surface area contributed by atoms with E-state index < -0.39 is 0 Å². The fourth-order valence-electron chi connectivity index (χ4n) is 0.874. The summed E-state index contributed by atoms with van der Waals surface area (Å²) in [6.45, 7) is 1.05. The van der Waals surface area contributed by atoms with Gasteiger partial charge in [0.05, 0.1) is 6.54 Å². The van der Waals surface area contributed by atoms with Crippen molar-refractivity contribution < 1.29 is 0 Å². The van der Waals surface area contributed by atoms with Gasteiger partial charge in [-0.15, -0.1) is 0 Å². The van der Waals surface area contributed by atoms with E-state index in [0.717, 1.165) is 6.54 Å². The molecule has 2 heterocycles. The molecule has 1 saturated heterocycles. The van der Waals surface area contributed by atoms with Crippen molar-refractivity contribution in [2.24, 2.45) is 4.99 Å². The van der Waals surface area contributed by atoms with E-state index in [1.807, 2.05) is 11.8 Å². The molecule has 0 atom stereocenters. The molecule has 50 valence electrons. The Labute approximate surface area is 63.3 Å². The van der Waals surface area contributed by atoms with Crippen LogP contribution in [0.4, 0.5) is 0 Å². The monoisotopic (exact) mass is 175 g/mol. The van der Waals surface area contributed by atoms with Gasteiger partial charge in [-0.05, 0) is 0 Å². The SMILES string of the molecule is C1CSC(N2[SiH2]N[SiH2]2)=N1. The molecule has 0 unspecified atom stereocenters. The molecule has 0 saturated carbocycles. The first kappa shape index (κ1) is 5.96. The van der Waals surface area contributed by atoms with Crippen LogP contribution in [-0.2, 0) is 0 Å². The van der Waals surface area contributed by atoms with Crippen molar-refractivity contribution >= 4 is 36.6 Å². The third kappa shape index (κ3) is 1.07. The fraction of sp³-hybridized carbons (Fsp3) is 0.667. The normalized spacial score (nSPS) is 31.1. The van der Waals surface area contributed by atoms with E-state index in [1.165, 1.54) is 10.9 Å². The summed E-state index contributed by atoms with van der Waals surface area (Å²) in [5.74, 6) is 1.22. The summed E-state index contributed by atoms with van der Waals surface area (Å²) in [7, 11) is -0.0341. The van der Waals surface area contributed by atoms with E-state index in [2.05, 4.69) is 13.9 Å². The third-order valence-electron chi connectivity index (χ3n) is 1.45. The molecule has 9 heavy (non-hydrogen) atoms. The lowest BCUT2D eigenvalue weighted by Gasteiger charge is -2.32. The first-order valence-electron chi connectivity index (χ1n) is 3.10. The van der Waals surface area contributed by atoms with Crippen molar-refractivity contribution in [3.63, 3.8) is 0 Å². The first-order chi connectivity index (χ1) is 4.47. The molecule has 2 aliphatic rings. The van der Waals surface area contributed by atoms with E-state index in [4.69, 9.17) is 0 Å². The Hall–Kier alpha value is 0.214. The van der Waals surface area contributed by atoms with Gasteiger partial charge < -0.3 is 8.88 Å². The number of aliphatic imine (C=N–C) groups is 1. The van der Waals surface area contributed by atoms with Gasteiger partial charge >= 0.3 is 0 Å². The molecule has 3 nitrogen and oxygen atoms in total. The summed E-state index contributed by atoms with van der Waals surface area (Å²) in [4.78, 5) is 4.39. The second-order valence-corrected chi connectivity index (χ2v) is 8.23. The zero-order chi connectivity index (χ0) is 6.10. The number of hydrogen-bond acceptors (Lipinski definition) is 4. The largest absolute Gasteiger partial charge is 0.390 e. The summed E-state index contributed by atoms with van der Waals surface area (Å²) < 4.78 is 5.97. The molecule has 0 radical (unpaired) electrons. The molecule has 0 aromatic carbocycles. The van der Waals surface area contributed by atoms with Gasteiger partial charge in [-0.1, -0.05) is 11.8 Å². The maximum atomic E-state index is 4.39. The molecular formula is C3H9N3SSi2. The van der Waals surface area contributed by atoms with Crippen LogP contribution in [0.3, 0.4) is 0 Å². The van der Waals surface area contributed by atoms with Gasteiger partial charge in [-0.3, -0.25) is 4.99 Å². The zero-order valence-electron chi connectivity index (χ0n) is 5.13. The van der Waals surface area contributed by atoms with Crippen molar-refractivity contribution in [3.05, 3.63) is 0 Å². The standard InChI is InChI=1S/C3H9N3SSi2/c1-2-7-3(4-1)6-8-5-9-6/h5H,1-2,8-9H2. The Balaban J connectivity index is 1.95. The van der Waals surface area contributed by atoms with Crippen molar-refractivity contribution in [1.82, 2.24) is 8.88 Å². The predicted molar refractivity (Wildman–Crippen MR) is 46.8 cm³/mol. The van der Waals surface area contributed by atoms with Crippen molar-refractivity contribution in [3.8, 4) is 0 Å². The lowest BCUT2D eigenvalue weighted by Crippen LogP contribution is -2.60. The van der Waals surface area contributed by atoms with Crippen molar-refractivity contribution in [2.75, 3.05) is 12.3 Å². The molecule has 2 aliphatic heterocycles. The summed E-state index contributed by atoms with van der Waals surface area (Å²) in [6.07, 6.45) is 0. The molecule has 0 spiro atoms. The first-order valence-corrected chi connectivity index (χ1v) is 6.76. The van der Waals surface area contributed by atoms with Crippen LogP contribution < -0.4 is 4.65 Å². The molecule has 0 amide bonds. The van der Waals surface area contributed by atoms with Gasteiger partial charge in [0, 0.05) is 5.75 Å². The molecule has 1 N–H and O–H groups in total. The molecule has 1 fully saturated rings. The highest BCUT2D eigenvalue weighted by Gasteiger charge is 2.20. The minimum atomic E-state index is -0.0171. The molecule has 0 aliphatic carbocycles. The minimum absolute atomic E-state index is 0.0171. The maximum Gasteiger partial charge on any atom is 0.187 e. The number of amidine groups is 1. The number of nitrogens with zero attached hydrogens (tertiary/aromatic N) is 2. The summed E-state index contributed by atoms with van der Waals surface area (Å²) in [5, 5.41) is 1.35. The molecule has 6 heteroatoms. The van der Waals surface area contributed by atoms with Gasteiger partial charge in [-0.25, -0.2) is 0 Å². The lowest BCUT2D eigenvalue weighted by molar-refractivity contribution is 0.922. The Bertz CT molecular complexity index is 146. The van der Waals surface area contributed by atoms with Crippen LogP contribution in [-0.4, -0.2) is 41.4 Å². The number of nitrogens with one attached hydrogen (secondary N) is 1. The van der Waals surface area contributed by atoms with Crippen LogP contribution >= 0.6 is 11.8 Å². The van der Waals surface area contributed by atoms with E-state index in [9.17, 15) is 0 Å². The average Bonchev–Trinajstić information content (AvgIpc) is 2.11. The minimum Gasteiger partial charge on any atom is -0.390 e. The van der Waals surface area contributed by atoms with Crippen molar-refractivity contribution in [1.29, 1.82) is 0 Å². The van der Waals surface area contributed by atoms with Crippen LogP contribution in [0.5, 0.6) is 0 Å². The van der Waals surface area contributed by atoms with Gasteiger partial charge in [0.15, 0.2) is 19.7 Å². The quantitative estimate of drug-likeness (QED) is 0.431. The van der Waals surface area contributed by atoms with Crippen LogP contribution in [0.25, 0.3) is 0 Å². The van der Waals surface area contributed by atoms with Crippen LogP contribution in [0, 0.1) is 0 Å². The van der Waals surface area contributed by atoms with Gasteiger partial charge in [0.25, 0.3) is 0 Å². The van der Waals surface area contributed by atoms with Gasteiger partial charge in [0.1, 0.15) is 5.17 Å². The van der Waals surface area contributed by atoms with Crippen molar-refractivity contribution in [2.45, 2.75) is 0 Å². The maximum absolute atomic E-state index is 4.39. The highest BCUT2D eigenvalue weighted by atomic mass is 32.2. The molecule has 2 rings (SSSR count). The average molecular weight is 175 g/mol. The van der Waals surface area contributed by atoms with E-state index in [1.54, 1.807) is 0 Å². The zero-order valence-corrected chi connectivity index (χ0v) is 8.78. The molecule has 0 aromatic heterocycles. The summed E-state index contributed by atoms with van der Waals surface area (Å²) in [6, 6.07) is 0. The van der Waals surface area contributed by atoms with Crippen LogP contribution in [0.15, 0.2) is 4.99 Å². The fourth-order valence-corrected chi connectivity index (χ4v) is 4.80. The van der Waals surface area contributed by atoms with Gasteiger partial charge in [0.2, 0.25) is 0 Å². The lowest BCUT2D eigenvalue weighted by atomic mass is 10.8. The smallest absolute Gasteiger partial charge is 0.187 e. The van der Waals surface area contributed by atoms with Gasteiger partial charge in [-0.2, -0.15) is 0 Å². The molecular weight excluding hydrogens is 166 g/mol. The Morgan fingerprint density at radius 2 is 2.56 bits per heavy atom. The Morgan fingerprint density at radius 3 is 3.00 bits per heavy atom. The number of thioether (sulfide) groups is 1. The molecule has 0 aromatic rings. The van der Waals surface area contributed by atoms with Crippen LogP contribution in [0.1, 0.15) is 0 Å². The number of rotatable bonds is 0. The third-order valence-corrected chi connectivity index (χ3v) is 7.43. The number of hydrogen-bond donors (Lipinski definition) is 1. The topological polar surface area (TPSA) is 27.6 Å². The summed E-state index contributed by atoms with van der Waals surface area (Å²) in [5.41, 5.74) is 0. The second-order valence-electron chi connectivity index (χ2n) is 2.12. The van der Waals surface area contributed by atoms with Crippen LogP contribution in [0.2, 0.25) is 0 Å². The summed E-state index contributed by atoms with van der Waals surface area (Å²) >= 11 is 1.93. The Morgan fingerprint density at radius 1 is 1.67 bits per heavy atom. The Kier molecular flexibility index (Phi) is 1.62. The van der Waals surface area contributed by atoms with E-state index in [-0.39, 0.29) is 19.7 Å². The van der Waals surface area contributed by atoms with E-state index in [0.29, 0.717) is 0 Å². The highest BCUT2D eigenvalue weighted by molar-refractivity contribution is 8.14. The molecule has 0 bridgehead atoms. The predicted octanol–water partition coefficient (Wildman–Crippen LogP) is -2.01. The second kappa shape index (κ2) is 2.45. The van der Waals surface area contributed by atoms with E-state index >= 15 is 0 Å². The highest BCUT2D eigenvalue weighted by Crippen LogP contribution is 2.14.